The summed E-state index contributed by atoms with van der Waals surface area (Å²) in [5.41, 5.74) is 5.32. The van der Waals surface area contributed by atoms with E-state index >= 15 is 0 Å². The molecular formula is C35H36ClN3O4. The Labute approximate surface area is 258 Å². The van der Waals surface area contributed by atoms with Crippen molar-refractivity contribution >= 4 is 23.6 Å². The number of piperazine rings is 1. The lowest BCUT2D eigenvalue weighted by molar-refractivity contribution is -0.127. The zero-order valence-electron chi connectivity index (χ0n) is 24.5. The zero-order valence-corrected chi connectivity index (χ0v) is 25.3. The first-order valence-corrected chi connectivity index (χ1v) is 14.8. The van der Waals surface area contributed by atoms with Gasteiger partial charge in [0.15, 0.2) is 0 Å². The van der Waals surface area contributed by atoms with Gasteiger partial charge in [-0.15, -0.1) is 0 Å². The average molecular weight is 598 g/mol. The molecule has 3 aromatic carbocycles. The summed E-state index contributed by atoms with van der Waals surface area (Å²) >= 11 is 5.93. The Hall–Kier alpha value is -4.33. The Kier molecular flexibility index (Phi) is 9.97. The number of aryl methyl sites for hydroxylation is 2. The van der Waals surface area contributed by atoms with E-state index < -0.39 is 0 Å². The molecule has 0 atom stereocenters. The largest absolute Gasteiger partial charge is 0.506 e. The third-order valence-electron chi connectivity index (χ3n) is 7.41. The van der Waals surface area contributed by atoms with Gasteiger partial charge < -0.3 is 19.5 Å². The summed E-state index contributed by atoms with van der Waals surface area (Å²) in [6, 6.07) is 23.2. The highest BCUT2D eigenvalue weighted by Gasteiger charge is 2.20. The van der Waals surface area contributed by atoms with Gasteiger partial charge in [0, 0.05) is 56.3 Å². The van der Waals surface area contributed by atoms with E-state index in [1.54, 1.807) is 12.1 Å². The molecule has 0 unspecified atom stereocenters. The number of hydrogen-bond acceptors (Lipinski definition) is 6. The van der Waals surface area contributed by atoms with E-state index in [1.165, 1.54) is 23.4 Å². The number of aromatic nitrogens is 1. The number of nitrogens with zero attached hydrogens (tertiary/aromatic N) is 3. The number of ether oxygens (including phenoxy) is 2. The summed E-state index contributed by atoms with van der Waals surface area (Å²) in [5, 5.41) is 10.1. The van der Waals surface area contributed by atoms with Crippen molar-refractivity contribution in [1.29, 1.82) is 0 Å². The van der Waals surface area contributed by atoms with Gasteiger partial charge in [0.25, 0.3) is 0 Å². The molecule has 1 N–H and O–H groups in total. The molecule has 1 saturated heterocycles. The van der Waals surface area contributed by atoms with Crippen molar-refractivity contribution in [2.24, 2.45) is 0 Å². The lowest BCUT2D eigenvalue weighted by Crippen LogP contribution is -2.47. The van der Waals surface area contributed by atoms with Crippen LogP contribution in [0, 0.1) is 13.8 Å². The second-order valence-corrected chi connectivity index (χ2v) is 11.2. The van der Waals surface area contributed by atoms with Crippen LogP contribution in [-0.4, -0.2) is 58.6 Å². The summed E-state index contributed by atoms with van der Waals surface area (Å²) in [6.07, 6.45) is 5.70. The molecule has 2 heterocycles. The molecule has 5 rings (SSSR count). The number of benzene rings is 3. The van der Waals surface area contributed by atoms with Gasteiger partial charge in [-0.25, -0.2) is 4.98 Å². The highest BCUT2D eigenvalue weighted by molar-refractivity contribution is 6.30. The molecular weight excluding hydrogens is 562 g/mol. The molecule has 0 saturated carbocycles. The van der Waals surface area contributed by atoms with Gasteiger partial charge in [0.05, 0.1) is 12.8 Å². The Morgan fingerprint density at radius 1 is 0.930 bits per heavy atom. The van der Waals surface area contributed by atoms with E-state index in [2.05, 4.69) is 34.1 Å². The van der Waals surface area contributed by atoms with Gasteiger partial charge >= 0.3 is 0 Å². The van der Waals surface area contributed by atoms with E-state index in [4.69, 9.17) is 21.1 Å². The maximum Gasteiger partial charge on any atom is 0.246 e. The number of pyridine rings is 1. The van der Waals surface area contributed by atoms with E-state index in [9.17, 15) is 9.90 Å². The SMILES string of the molecule is Cc1cc(C=CC(=O)N2CCN(Cc3ccc(CCOc4ccc(Cl)cc4)cc3)CC2)cc(C)c1Oc1ccc(O)cn1. The molecule has 0 aliphatic carbocycles. The zero-order chi connectivity index (χ0) is 30.2. The highest BCUT2D eigenvalue weighted by Crippen LogP contribution is 2.30. The Morgan fingerprint density at radius 3 is 2.26 bits per heavy atom. The average Bonchev–Trinajstić information content (AvgIpc) is 3.01. The predicted octanol–water partition coefficient (Wildman–Crippen LogP) is 6.83. The number of halogens is 1. The molecule has 0 bridgehead atoms. The number of hydrogen-bond donors (Lipinski definition) is 1. The van der Waals surface area contributed by atoms with Gasteiger partial charge in [0.2, 0.25) is 11.8 Å². The maximum absolute atomic E-state index is 12.9. The summed E-state index contributed by atoms with van der Waals surface area (Å²) in [4.78, 5) is 21.3. The van der Waals surface area contributed by atoms with Gasteiger partial charge in [0.1, 0.15) is 17.2 Å². The fraction of sp³-hybridized carbons (Fsp3) is 0.257. The predicted molar refractivity (Wildman–Crippen MR) is 170 cm³/mol. The normalized spacial score (nSPS) is 13.8. The van der Waals surface area contributed by atoms with Gasteiger partial charge in [-0.2, -0.15) is 0 Å². The van der Waals surface area contributed by atoms with Gasteiger partial charge in [-0.05, 0) is 90.2 Å². The fourth-order valence-corrected chi connectivity index (χ4v) is 5.19. The first-order chi connectivity index (χ1) is 20.8. The second kappa shape index (κ2) is 14.2. The minimum atomic E-state index is 0.0220. The minimum Gasteiger partial charge on any atom is -0.506 e. The third kappa shape index (κ3) is 8.60. The molecule has 222 valence electrons. The van der Waals surface area contributed by atoms with Crippen molar-refractivity contribution in [3.05, 3.63) is 118 Å². The van der Waals surface area contributed by atoms with Crippen molar-refractivity contribution in [2.75, 3.05) is 32.8 Å². The molecule has 1 aliphatic heterocycles. The minimum absolute atomic E-state index is 0.0220. The molecule has 1 aromatic heterocycles. The monoisotopic (exact) mass is 597 g/mol. The van der Waals surface area contributed by atoms with Crippen LogP contribution in [0.3, 0.4) is 0 Å². The van der Waals surface area contributed by atoms with Gasteiger partial charge in [-0.1, -0.05) is 35.9 Å². The Morgan fingerprint density at radius 2 is 1.60 bits per heavy atom. The molecule has 8 heteroatoms. The number of rotatable bonds is 10. The van der Waals surface area contributed by atoms with E-state index in [0.29, 0.717) is 30.6 Å². The van der Waals surface area contributed by atoms with E-state index in [-0.39, 0.29) is 11.7 Å². The van der Waals surface area contributed by atoms with Crippen molar-refractivity contribution in [1.82, 2.24) is 14.8 Å². The van der Waals surface area contributed by atoms with Crippen LogP contribution in [0.1, 0.15) is 27.8 Å². The van der Waals surface area contributed by atoms with Crippen LogP contribution in [0.4, 0.5) is 0 Å². The van der Waals surface area contributed by atoms with E-state index in [1.807, 2.05) is 61.2 Å². The van der Waals surface area contributed by atoms with Crippen LogP contribution in [0.25, 0.3) is 6.08 Å². The number of carbonyl (C=O) groups is 1. The quantitative estimate of drug-likeness (QED) is 0.202. The first kappa shape index (κ1) is 30.1. The number of aromatic hydroxyl groups is 1. The summed E-state index contributed by atoms with van der Waals surface area (Å²) in [6.45, 7) is 8.49. The number of amides is 1. The van der Waals surface area contributed by atoms with Crippen molar-refractivity contribution in [2.45, 2.75) is 26.8 Å². The highest BCUT2D eigenvalue weighted by atomic mass is 35.5. The fourth-order valence-electron chi connectivity index (χ4n) is 5.06. The summed E-state index contributed by atoms with van der Waals surface area (Å²) < 4.78 is 11.7. The molecule has 1 aliphatic rings. The molecule has 0 spiro atoms. The van der Waals surface area contributed by atoms with Crippen LogP contribution in [0.2, 0.25) is 5.02 Å². The molecule has 43 heavy (non-hydrogen) atoms. The lowest BCUT2D eigenvalue weighted by Gasteiger charge is -2.34. The third-order valence-corrected chi connectivity index (χ3v) is 7.67. The lowest BCUT2D eigenvalue weighted by atomic mass is 10.1. The Balaban J connectivity index is 1.06. The summed E-state index contributed by atoms with van der Waals surface area (Å²) in [7, 11) is 0. The van der Waals surface area contributed by atoms with Crippen LogP contribution in [-0.2, 0) is 17.8 Å². The van der Waals surface area contributed by atoms with Crippen molar-refractivity contribution in [3.63, 3.8) is 0 Å². The van der Waals surface area contributed by atoms with Gasteiger partial charge in [-0.3, -0.25) is 9.69 Å². The molecule has 1 fully saturated rings. The van der Waals surface area contributed by atoms with E-state index in [0.717, 1.165) is 54.2 Å². The molecule has 1 amide bonds. The second-order valence-electron chi connectivity index (χ2n) is 10.7. The summed E-state index contributed by atoms with van der Waals surface area (Å²) in [5.74, 6) is 2.06. The van der Waals surface area contributed by atoms with Crippen LogP contribution >= 0.6 is 11.6 Å². The van der Waals surface area contributed by atoms with Crippen molar-refractivity contribution in [3.8, 4) is 23.1 Å². The molecule has 0 radical (unpaired) electrons. The van der Waals surface area contributed by atoms with Crippen LogP contribution < -0.4 is 9.47 Å². The van der Waals surface area contributed by atoms with Crippen LogP contribution in [0.5, 0.6) is 23.1 Å². The smallest absolute Gasteiger partial charge is 0.246 e. The Bertz CT molecular complexity index is 1520. The molecule has 7 nitrogen and oxygen atoms in total. The number of carbonyl (C=O) groups excluding carboxylic acids is 1. The van der Waals surface area contributed by atoms with Crippen molar-refractivity contribution < 1.29 is 19.4 Å². The molecule has 4 aromatic rings. The topological polar surface area (TPSA) is 75.1 Å². The standard InChI is InChI=1S/C35H36ClN3O4/c1-25-21-29(22-26(2)35(25)43-33-13-10-31(40)23-37-33)7-14-34(41)39-18-16-38(17-19-39)24-28-5-3-27(4-6-28)15-20-42-32-11-8-30(36)9-12-32/h3-14,21-23,40H,15-20,24H2,1-2H3. The van der Waals surface area contributed by atoms with Crippen LogP contribution in [0.15, 0.2) is 85.1 Å². The maximum atomic E-state index is 12.9. The first-order valence-electron chi connectivity index (χ1n) is 14.4.